The Labute approximate surface area is 162 Å². The van der Waals surface area contributed by atoms with E-state index in [4.69, 9.17) is 14.2 Å². The van der Waals surface area contributed by atoms with Gasteiger partial charge in [-0.05, 0) is 31.2 Å². The molecule has 0 aliphatic carbocycles. The normalized spacial score (nSPS) is 10.1. The van der Waals surface area contributed by atoms with Crippen LogP contribution in [0.15, 0.2) is 48.5 Å². The van der Waals surface area contributed by atoms with Crippen LogP contribution in [0.1, 0.15) is 17.3 Å². The lowest BCUT2D eigenvalue weighted by Gasteiger charge is -2.21. The highest BCUT2D eigenvalue weighted by Crippen LogP contribution is 2.29. The van der Waals surface area contributed by atoms with Crippen molar-refractivity contribution in [3.63, 3.8) is 0 Å². The summed E-state index contributed by atoms with van der Waals surface area (Å²) in [6.07, 6.45) is 0. The number of ether oxygens (including phenoxy) is 3. The van der Waals surface area contributed by atoms with Crippen molar-refractivity contribution in [2.24, 2.45) is 0 Å². The number of phenols is 1. The van der Waals surface area contributed by atoms with Gasteiger partial charge in [0.15, 0.2) is 18.1 Å². The first-order valence-corrected chi connectivity index (χ1v) is 8.52. The van der Waals surface area contributed by atoms with Gasteiger partial charge in [-0.25, -0.2) is 4.79 Å². The van der Waals surface area contributed by atoms with E-state index >= 15 is 0 Å². The summed E-state index contributed by atoms with van der Waals surface area (Å²) in [7, 11) is 1.35. The first kappa shape index (κ1) is 20.8. The molecule has 0 saturated carbocycles. The molecular weight excluding hydrogens is 366 g/mol. The second kappa shape index (κ2) is 9.96. The summed E-state index contributed by atoms with van der Waals surface area (Å²) in [6.45, 7) is 0.900. The van der Waals surface area contributed by atoms with E-state index in [0.717, 1.165) is 4.90 Å². The van der Waals surface area contributed by atoms with Crippen LogP contribution in [0, 0.1) is 0 Å². The monoisotopic (exact) mass is 387 g/mol. The van der Waals surface area contributed by atoms with Crippen LogP contribution in [0.4, 0.5) is 5.69 Å². The average Bonchev–Trinajstić information content (AvgIpc) is 2.71. The van der Waals surface area contributed by atoms with Crippen molar-refractivity contribution in [1.82, 2.24) is 0 Å². The molecule has 1 amide bonds. The molecule has 8 nitrogen and oxygen atoms in total. The fourth-order valence-electron chi connectivity index (χ4n) is 2.40. The topological polar surface area (TPSA) is 102 Å². The summed E-state index contributed by atoms with van der Waals surface area (Å²) >= 11 is 0. The van der Waals surface area contributed by atoms with Crippen LogP contribution in [-0.4, -0.2) is 49.8 Å². The number of aromatic hydroxyl groups is 1. The van der Waals surface area contributed by atoms with Crippen LogP contribution in [-0.2, 0) is 19.1 Å². The van der Waals surface area contributed by atoms with Crippen LogP contribution < -0.4 is 9.64 Å². The third-order valence-electron chi connectivity index (χ3n) is 3.73. The number of amides is 1. The molecule has 0 aliphatic rings. The largest absolute Gasteiger partial charge is 0.504 e. The summed E-state index contributed by atoms with van der Waals surface area (Å²) in [5, 5.41) is 10.0. The van der Waals surface area contributed by atoms with Gasteiger partial charge in [0.1, 0.15) is 12.1 Å². The van der Waals surface area contributed by atoms with Gasteiger partial charge in [-0.1, -0.05) is 24.3 Å². The van der Waals surface area contributed by atoms with Gasteiger partial charge in [-0.3, -0.25) is 14.5 Å². The van der Waals surface area contributed by atoms with Gasteiger partial charge in [0.25, 0.3) is 5.91 Å². The quantitative estimate of drug-likeness (QED) is 0.693. The summed E-state index contributed by atoms with van der Waals surface area (Å²) in [5.41, 5.74) is 0.324. The van der Waals surface area contributed by atoms with Gasteiger partial charge >= 0.3 is 11.9 Å². The van der Waals surface area contributed by atoms with E-state index < -0.39 is 24.5 Å². The van der Waals surface area contributed by atoms with E-state index in [-0.39, 0.29) is 30.2 Å². The molecule has 0 saturated heterocycles. The Morgan fingerprint density at radius 2 is 1.71 bits per heavy atom. The van der Waals surface area contributed by atoms with Crippen molar-refractivity contribution >= 4 is 23.5 Å². The van der Waals surface area contributed by atoms with Crippen LogP contribution >= 0.6 is 0 Å². The molecule has 0 spiro atoms. The Kier molecular flexibility index (Phi) is 7.38. The summed E-state index contributed by atoms with van der Waals surface area (Å²) in [5.74, 6) is -2.37. The Morgan fingerprint density at radius 1 is 1.00 bits per heavy atom. The van der Waals surface area contributed by atoms with Gasteiger partial charge in [0, 0.05) is 5.69 Å². The second-order valence-electron chi connectivity index (χ2n) is 5.55. The molecule has 0 atom stereocenters. The van der Waals surface area contributed by atoms with Crippen LogP contribution in [0.2, 0.25) is 0 Å². The Hall–Kier alpha value is -3.55. The Balaban J connectivity index is 2.11. The first-order valence-electron chi connectivity index (χ1n) is 8.52. The smallest absolute Gasteiger partial charge is 0.342 e. The minimum absolute atomic E-state index is 0.106. The highest BCUT2D eigenvalue weighted by Gasteiger charge is 2.23. The fourth-order valence-corrected chi connectivity index (χ4v) is 2.40. The maximum atomic E-state index is 12.6. The first-order chi connectivity index (χ1) is 13.5. The molecule has 0 heterocycles. The standard InChI is InChI=1S/C20H21NO7/c1-3-27-18(23)12-21(14-8-5-4-6-9-14)17(22)13-28-20(25)15-10-7-11-16(26-2)19(15)24/h4-11,24H,3,12-13H2,1-2H3. The van der Waals surface area contributed by atoms with Crippen molar-refractivity contribution in [3.8, 4) is 11.5 Å². The number of hydrogen-bond acceptors (Lipinski definition) is 7. The third-order valence-corrected chi connectivity index (χ3v) is 3.73. The van der Waals surface area contributed by atoms with Crippen LogP contribution in [0.3, 0.4) is 0 Å². The lowest BCUT2D eigenvalue weighted by atomic mass is 10.2. The van der Waals surface area contributed by atoms with Crippen molar-refractivity contribution in [1.29, 1.82) is 0 Å². The minimum Gasteiger partial charge on any atom is -0.504 e. The van der Waals surface area contributed by atoms with E-state index in [9.17, 15) is 19.5 Å². The molecule has 0 aromatic heterocycles. The number of methoxy groups -OCH3 is 1. The van der Waals surface area contributed by atoms with E-state index in [2.05, 4.69) is 0 Å². The number of esters is 2. The van der Waals surface area contributed by atoms with Crippen molar-refractivity contribution in [3.05, 3.63) is 54.1 Å². The molecule has 2 aromatic rings. The molecule has 0 radical (unpaired) electrons. The lowest BCUT2D eigenvalue weighted by Crippen LogP contribution is -2.39. The molecule has 0 aliphatic heterocycles. The van der Waals surface area contributed by atoms with Crippen molar-refractivity contribution in [2.75, 3.05) is 31.8 Å². The van der Waals surface area contributed by atoms with Gasteiger partial charge in [-0.15, -0.1) is 0 Å². The molecule has 148 valence electrons. The van der Waals surface area contributed by atoms with Crippen LogP contribution in [0.25, 0.3) is 0 Å². The number of hydrogen-bond donors (Lipinski definition) is 1. The number of benzene rings is 2. The lowest BCUT2D eigenvalue weighted by molar-refractivity contribution is -0.142. The molecule has 0 bridgehead atoms. The van der Waals surface area contributed by atoms with Crippen LogP contribution in [0.5, 0.6) is 11.5 Å². The molecule has 0 unspecified atom stereocenters. The van der Waals surface area contributed by atoms with Gasteiger partial charge in [0.2, 0.25) is 0 Å². The molecule has 2 aromatic carbocycles. The second-order valence-corrected chi connectivity index (χ2v) is 5.55. The summed E-state index contributed by atoms with van der Waals surface area (Å²) < 4.78 is 14.8. The van der Waals surface area contributed by atoms with Crippen molar-refractivity contribution < 1.29 is 33.7 Å². The number of para-hydroxylation sites is 2. The van der Waals surface area contributed by atoms with Gasteiger partial charge < -0.3 is 19.3 Å². The molecule has 28 heavy (non-hydrogen) atoms. The number of rotatable bonds is 8. The zero-order valence-corrected chi connectivity index (χ0v) is 15.6. The number of anilines is 1. The predicted octanol–water partition coefficient (Wildman–Crippen LogP) is 2.15. The zero-order chi connectivity index (χ0) is 20.5. The van der Waals surface area contributed by atoms with E-state index in [1.165, 1.54) is 25.3 Å². The molecule has 1 N–H and O–H groups in total. The highest BCUT2D eigenvalue weighted by molar-refractivity contribution is 6.00. The fraction of sp³-hybridized carbons (Fsp3) is 0.250. The number of phenolic OH excluding ortho intramolecular Hbond substituents is 1. The Bertz CT molecular complexity index is 836. The predicted molar refractivity (Wildman–Crippen MR) is 100 cm³/mol. The maximum Gasteiger partial charge on any atom is 0.342 e. The van der Waals surface area contributed by atoms with E-state index in [0.29, 0.717) is 5.69 Å². The zero-order valence-electron chi connectivity index (χ0n) is 15.6. The van der Waals surface area contributed by atoms with Crippen molar-refractivity contribution in [2.45, 2.75) is 6.92 Å². The van der Waals surface area contributed by atoms with Gasteiger partial charge in [-0.2, -0.15) is 0 Å². The SMILES string of the molecule is CCOC(=O)CN(C(=O)COC(=O)c1cccc(OC)c1O)c1ccccc1. The van der Waals surface area contributed by atoms with E-state index in [1.54, 1.807) is 37.3 Å². The molecule has 8 heteroatoms. The summed E-state index contributed by atoms with van der Waals surface area (Å²) in [6, 6.07) is 12.8. The average molecular weight is 387 g/mol. The Morgan fingerprint density at radius 3 is 2.36 bits per heavy atom. The number of carbonyl (C=O) groups excluding carboxylic acids is 3. The minimum atomic E-state index is -0.895. The maximum absolute atomic E-state index is 12.6. The van der Waals surface area contributed by atoms with E-state index in [1.807, 2.05) is 0 Å². The third kappa shape index (κ3) is 5.23. The number of carbonyl (C=O) groups is 3. The highest BCUT2D eigenvalue weighted by atomic mass is 16.5. The molecule has 2 rings (SSSR count). The molecule has 0 fully saturated rings. The number of nitrogens with zero attached hydrogens (tertiary/aromatic N) is 1. The molecular formula is C20H21NO7. The van der Waals surface area contributed by atoms with Gasteiger partial charge in [0.05, 0.1) is 13.7 Å². The summed E-state index contributed by atoms with van der Waals surface area (Å²) in [4.78, 5) is 37.8.